The predicted octanol–water partition coefficient (Wildman–Crippen LogP) is 3.60. The van der Waals surface area contributed by atoms with Gasteiger partial charge in [0, 0.05) is 43.2 Å². The predicted molar refractivity (Wildman–Crippen MR) is 107 cm³/mol. The fourth-order valence-corrected chi connectivity index (χ4v) is 4.06. The first-order valence-electron chi connectivity index (χ1n) is 9.40. The van der Waals surface area contributed by atoms with Gasteiger partial charge in [-0.3, -0.25) is 0 Å². The maximum atomic E-state index is 9.25. The summed E-state index contributed by atoms with van der Waals surface area (Å²) in [6, 6.07) is 9.86. The number of aromatic amines is 2. The summed E-state index contributed by atoms with van der Waals surface area (Å²) in [6.07, 6.45) is 9.45. The van der Waals surface area contributed by atoms with E-state index in [0.29, 0.717) is 11.5 Å². The first-order valence-corrected chi connectivity index (χ1v) is 9.40. The maximum absolute atomic E-state index is 9.25. The average molecular weight is 369 g/mol. The maximum Gasteiger partial charge on any atom is 0.143 e. The van der Waals surface area contributed by atoms with Crippen LogP contribution in [0, 0.1) is 11.3 Å². The van der Waals surface area contributed by atoms with Crippen LogP contribution in [-0.2, 0) is 0 Å². The molecule has 0 spiro atoms. The van der Waals surface area contributed by atoms with Gasteiger partial charge in [0.25, 0.3) is 0 Å². The zero-order chi connectivity index (χ0) is 18.9. The minimum Gasteiger partial charge on any atom is -0.355 e. The number of nitriles is 1. The van der Waals surface area contributed by atoms with E-state index in [1.54, 1.807) is 6.33 Å². The van der Waals surface area contributed by atoms with E-state index >= 15 is 0 Å². The number of hydrogen-bond acceptors (Lipinski definition) is 5. The van der Waals surface area contributed by atoms with E-state index in [9.17, 15) is 5.26 Å². The van der Waals surface area contributed by atoms with E-state index in [0.717, 1.165) is 59.7 Å². The second-order valence-electron chi connectivity index (χ2n) is 7.08. The molecule has 1 fully saturated rings. The summed E-state index contributed by atoms with van der Waals surface area (Å²) >= 11 is 0. The molecule has 1 aromatic carbocycles. The number of H-pyrrole nitrogens is 2. The van der Waals surface area contributed by atoms with Gasteiger partial charge in [-0.15, -0.1) is 0 Å². The van der Waals surface area contributed by atoms with Gasteiger partial charge in [0.1, 0.15) is 23.6 Å². The lowest BCUT2D eigenvalue weighted by molar-refractivity contribution is 0.492. The van der Waals surface area contributed by atoms with E-state index in [4.69, 9.17) is 0 Å². The molecule has 1 atom stereocenters. The van der Waals surface area contributed by atoms with Crippen LogP contribution in [0.25, 0.3) is 22.2 Å². The largest absolute Gasteiger partial charge is 0.355 e. The lowest BCUT2D eigenvalue weighted by atomic mass is 9.96. The van der Waals surface area contributed by atoms with Gasteiger partial charge in [-0.25, -0.2) is 15.0 Å². The third-order valence-corrected chi connectivity index (χ3v) is 5.38. The molecular formula is C21H19N7. The second-order valence-corrected chi connectivity index (χ2v) is 7.08. The van der Waals surface area contributed by atoms with Crippen LogP contribution >= 0.6 is 0 Å². The highest BCUT2D eigenvalue weighted by atomic mass is 15.2. The number of aromatic nitrogens is 5. The topological polar surface area (TPSA) is 97.3 Å². The molecule has 0 radical (unpaired) electrons. The Balaban J connectivity index is 1.58. The van der Waals surface area contributed by atoms with Gasteiger partial charge in [0.05, 0.1) is 17.0 Å². The summed E-state index contributed by atoms with van der Waals surface area (Å²) < 4.78 is 0. The zero-order valence-corrected chi connectivity index (χ0v) is 15.3. The Bertz CT molecular complexity index is 1150. The number of nitrogens with one attached hydrogen (secondary N) is 2. The number of hydrogen-bond donors (Lipinski definition) is 2. The molecule has 4 aromatic rings. The summed E-state index contributed by atoms with van der Waals surface area (Å²) in [5, 5.41) is 10.2. The summed E-state index contributed by atoms with van der Waals surface area (Å²) in [7, 11) is 0. The monoisotopic (exact) mass is 369 g/mol. The molecule has 7 heteroatoms. The van der Waals surface area contributed by atoms with Gasteiger partial charge < -0.3 is 14.9 Å². The molecule has 0 saturated carbocycles. The van der Waals surface area contributed by atoms with Gasteiger partial charge in [-0.05, 0) is 30.5 Å². The smallest absolute Gasteiger partial charge is 0.143 e. The van der Waals surface area contributed by atoms with E-state index in [1.165, 1.54) is 0 Å². The van der Waals surface area contributed by atoms with Crippen molar-refractivity contribution < 1.29 is 0 Å². The standard InChI is InChI=1S/C21H19N7/c22-10-14-3-1-4-15(9-14)17-11-25-20-18(17)21(27-13-26-20)28-8-2-5-16(12-28)19-23-6-7-24-19/h1,3-4,6-7,9,11,13,16H,2,5,8,12H2,(H,23,24)(H,25,26,27). The lowest BCUT2D eigenvalue weighted by Crippen LogP contribution is -2.35. The highest BCUT2D eigenvalue weighted by molar-refractivity contribution is 6.01. The molecule has 0 amide bonds. The molecule has 3 aromatic heterocycles. The molecular weight excluding hydrogens is 350 g/mol. The van der Waals surface area contributed by atoms with Gasteiger partial charge in [0.2, 0.25) is 0 Å². The van der Waals surface area contributed by atoms with Crippen molar-refractivity contribution in [2.24, 2.45) is 0 Å². The van der Waals surface area contributed by atoms with E-state index in [2.05, 4.69) is 35.9 Å². The molecule has 4 heterocycles. The Morgan fingerprint density at radius 2 is 2.14 bits per heavy atom. The van der Waals surface area contributed by atoms with Gasteiger partial charge in [0.15, 0.2) is 0 Å². The summed E-state index contributed by atoms with van der Waals surface area (Å²) in [6.45, 7) is 1.81. The number of anilines is 1. The second kappa shape index (κ2) is 6.82. The molecule has 1 aliphatic rings. The summed E-state index contributed by atoms with van der Waals surface area (Å²) in [5.41, 5.74) is 3.45. The molecule has 1 saturated heterocycles. The third-order valence-electron chi connectivity index (χ3n) is 5.38. The first kappa shape index (κ1) is 16.5. The lowest BCUT2D eigenvalue weighted by Gasteiger charge is -2.33. The van der Waals surface area contributed by atoms with Crippen molar-refractivity contribution in [3.8, 4) is 17.2 Å². The molecule has 138 valence electrons. The fourth-order valence-electron chi connectivity index (χ4n) is 4.06. The molecule has 1 unspecified atom stereocenters. The first-order chi connectivity index (χ1) is 13.8. The minimum atomic E-state index is 0.359. The van der Waals surface area contributed by atoms with Crippen molar-refractivity contribution in [1.82, 2.24) is 24.9 Å². The minimum absolute atomic E-state index is 0.359. The molecule has 5 rings (SSSR count). The van der Waals surface area contributed by atoms with Gasteiger partial charge >= 0.3 is 0 Å². The van der Waals surface area contributed by atoms with Crippen molar-refractivity contribution in [3.63, 3.8) is 0 Å². The van der Waals surface area contributed by atoms with Crippen LogP contribution < -0.4 is 4.90 Å². The fraction of sp³-hybridized carbons (Fsp3) is 0.238. The quantitative estimate of drug-likeness (QED) is 0.575. The Hall–Kier alpha value is -3.66. The van der Waals surface area contributed by atoms with Crippen LogP contribution in [0.2, 0.25) is 0 Å². The van der Waals surface area contributed by atoms with Crippen LogP contribution in [0.4, 0.5) is 5.82 Å². The van der Waals surface area contributed by atoms with Crippen LogP contribution in [-0.4, -0.2) is 38.0 Å². The molecule has 0 aliphatic carbocycles. The van der Waals surface area contributed by atoms with Crippen molar-refractivity contribution >= 4 is 16.9 Å². The van der Waals surface area contributed by atoms with E-state index in [-0.39, 0.29) is 0 Å². The number of benzene rings is 1. The van der Waals surface area contributed by atoms with Crippen LogP contribution in [0.1, 0.15) is 30.1 Å². The average Bonchev–Trinajstić information content (AvgIpc) is 3.44. The highest BCUT2D eigenvalue weighted by Crippen LogP contribution is 2.36. The Kier molecular flexibility index (Phi) is 4.02. The van der Waals surface area contributed by atoms with Crippen molar-refractivity contribution in [2.75, 3.05) is 18.0 Å². The number of fused-ring (bicyclic) bond motifs is 1. The summed E-state index contributed by atoms with van der Waals surface area (Å²) in [5.74, 6) is 2.32. The Morgan fingerprint density at radius 3 is 3.00 bits per heavy atom. The molecule has 28 heavy (non-hydrogen) atoms. The Morgan fingerprint density at radius 1 is 1.18 bits per heavy atom. The van der Waals surface area contributed by atoms with Crippen LogP contribution in [0.5, 0.6) is 0 Å². The van der Waals surface area contributed by atoms with Crippen LogP contribution in [0.15, 0.2) is 49.2 Å². The molecule has 0 bridgehead atoms. The number of imidazole rings is 1. The number of piperidine rings is 1. The Labute approximate surface area is 162 Å². The van der Waals surface area contributed by atoms with Crippen LogP contribution in [0.3, 0.4) is 0 Å². The van der Waals surface area contributed by atoms with Gasteiger partial charge in [-0.1, -0.05) is 12.1 Å². The van der Waals surface area contributed by atoms with Crippen molar-refractivity contribution in [3.05, 3.63) is 60.6 Å². The van der Waals surface area contributed by atoms with E-state index in [1.807, 2.05) is 42.9 Å². The highest BCUT2D eigenvalue weighted by Gasteiger charge is 2.26. The van der Waals surface area contributed by atoms with Crippen molar-refractivity contribution in [1.29, 1.82) is 5.26 Å². The molecule has 1 aliphatic heterocycles. The molecule has 2 N–H and O–H groups in total. The van der Waals surface area contributed by atoms with Gasteiger partial charge in [-0.2, -0.15) is 5.26 Å². The van der Waals surface area contributed by atoms with Crippen molar-refractivity contribution in [2.45, 2.75) is 18.8 Å². The third kappa shape index (κ3) is 2.79. The SMILES string of the molecule is N#Cc1cccc(-c2c[nH]c3ncnc(N4CCCC(c5ncc[nH]5)C4)c23)c1. The summed E-state index contributed by atoms with van der Waals surface area (Å²) in [4.78, 5) is 22.4. The number of rotatable bonds is 3. The zero-order valence-electron chi connectivity index (χ0n) is 15.3. The molecule has 7 nitrogen and oxygen atoms in total. The number of nitrogens with zero attached hydrogens (tertiary/aromatic N) is 5. The normalized spacial score (nSPS) is 17.0. The van der Waals surface area contributed by atoms with E-state index < -0.39 is 0 Å².